The smallest absolute Gasteiger partial charge is 0.341 e. The number of fused-ring (bicyclic) bond motifs is 1. The summed E-state index contributed by atoms with van der Waals surface area (Å²) in [6.45, 7) is 1.66. The molecular weight excluding hydrogens is 412 g/mol. The van der Waals surface area contributed by atoms with Crippen LogP contribution in [0.2, 0.25) is 0 Å². The highest BCUT2D eigenvalue weighted by Crippen LogP contribution is 2.43. The van der Waals surface area contributed by atoms with E-state index in [4.69, 9.17) is 10.6 Å². The predicted octanol–water partition coefficient (Wildman–Crippen LogP) is 1.31. The van der Waals surface area contributed by atoms with Crippen LogP contribution in [0.5, 0.6) is 0 Å². The average Bonchev–Trinajstić information content (AvgIpc) is 3.46. The first-order valence-corrected chi connectivity index (χ1v) is 9.94. The summed E-state index contributed by atoms with van der Waals surface area (Å²) in [7, 11) is 1.42. The van der Waals surface area contributed by atoms with Gasteiger partial charge in [0, 0.05) is 31.9 Å². The Bertz CT molecular complexity index is 1220. The van der Waals surface area contributed by atoms with Gasteiger partial charge in [-0.2, -0.15) is 0 Å². The molecule has 11 heteroatoms. The fourth-order valence-electron chi connectivity index (χ4n) is 4.62. The van der Waals surface area contributed by atoms with Gasteiger partial charge in [-0.1, -0.05) is 5.16 Å². The van der Waals surface area contributed by atoms with Crippen LogP contribution in [-0.4, -0.2) is 54.6 Å². The summed E-state index contributed by atoms with van der Waals surface area (Å²) in [5.41, 5.74) is 3.66. The Hall–Kier alpha value is -3.21. The fraction of sp³-hybridized carbons (Fsp3) is 0.450. The second-order valence-electron chi connectivity index (χ2n) is 8.39. The SMILES string of the molecule is CO/N=C1\CN(c2c(F)c(N)c3c(=O)c(C(=O)O)cn(C4CC4)c3c2F)CC12CNC2. The van der Waals surface area contributed by atoms with E-state index in [-0.39, 0.29) is 29.2 Å². The molecule has 3 fully saturated rings. The third kappa shape index (κ3) is 2.72. The number of pyridine rings is 1. The van der Waals surface area contributed by atoms with E-state index in [1.807, 2.05) is 0 Å². The lowest BCUT2D eigenvalue weighted by Gasteiger charge is -2.39. The Balaban J connectivity index is 1.75. The number of benzene rings is 1. The van der Waals surface area contributed by atoms with Gasteiger partial charge in [-0.05, 0) is 12.8 Å². The predicted molar refractivity (Wildman–Crippen MR) is 110 cm³/mol. The molecule has 1 spiro atoms. The maximum absolute atomic E-state index is 15.9. The molecule has 0 atom stereocenters. The van der Waals surface area contributed by atoms with Crippen molar-refractivity contribution in [2.24, 2.45) is 10.6 Å². The van der Waals surface area contributed by atoms with Crippen LogP contribution in [-0.2, 0) is 4.84 Å². The van der Waals surface area contributed by atoms with E-state index in [1.165, 1.54) is 16.6 Å². The number of hydrogen-bond donors (Lipinski definition) is 3. The molecule has 2 saturated heterocycles. The minimum atomic E-state index is -1.47. The highest BCUT2D eigenvalue weighted by molar-refractivity contribution is 6.02. The van der Waals surface area contributed by atoms with E-state index < -0.39 is 39.7 Å². The number of oxime groups is 1. The maximum atomic E-state index is 15.9. The van der Waals surface area contributed by atoms with Crippen LogP contribution in [0.1, 0.15) is 29.2 Å². The van der Waals surface area contributed by atoms with Crippen molar-refractivity contribution in [2.75, 3.05) is 43.9 Å². The second-order valence-corrected chi connectivity index (χ2v) is 8.39. The van der Waals surface area contributed by atoms with Crippen molar-refractivity contribution in [3.8, 4) is 0 Å². The molecule has 1 aromatic heterocycles. The van der Waals surface area contributed by atoms with Gasteiger partial charge in [0.15, 0.2) is 11.6 Å². The Morgan fingerprint density at radius 3 is 2.61 bits per heavy atom. The largest absolute Gasteiger partial charge is 0.477 e. The normalized spacial score (nSPS) is 21.1. The molecule has 2 aliphatic heterocycles. The molecule has 1 aromatic carbocycles. The van der Waals surface area contributed by atoms with Crippen molar-refractivity contribution in [1.29, 1.82) is 0 Å². The molecule has 31 heavy (non-hydrogen) atoms. The summed E-state index contributed by atoms with van der Waals surface area (Å²) in [5, 5.41) is 16.2. The molecule has 3 heterocycles. The average molecular weight is 433 g/mol. The molecule has 0 bridgehead atoms. The summed E-state index contributed by atoms with van der Waals surface area (Å²) in [6, 6.07) is -0.167. The van der Waals surface area contributed by atoms with Crippen LogP contribution >= 0.6 is 0 Å². The van der Waals surface area contributed by atoms with Crippen molar-refractivity contribution in [3.63, 3.8) is 0 Å². The Labute approximate surface area is 175 Å². The number of nitrogens with two attached hydrogens (primary N) is 1. The van der Waals surface area contributed by atoms with Gasteiger partial charge in [0.2, 0.25) is 5.43 Å². The number of nitrogens with one attached hydrogen (secondary N) is 1. The standard InChI is InChI=1S/C20H21F2N5O4/c1-31-25-11-5-26(8-20(11)6-24-7-20)17-13(21)15(23)12-16(14(17)22)27(9-2-3-9)4-10(18(12)28)19(29)30/h4,9,24H,2-3,5-8,23H2,1H3,(H,29,30)/b25-11+. The van der Waals surface area contributed by atoms with E-state index >= 15 is 8.78 Å². The summed E-state index contributed by atoms with van der Waals surface area (Å²) >= 11 is 0. The second kappa shape index (κ2) is 6.64. The molecule has 1 saturated carbocycles. The lowest BCUT2D eigenvalue weighted by Crippen LogP contribution is -2.58. The van der Waals surface area contributed by atoms with Gasteiger partial charge in [-0.3, -0.25) is 4.79 Å². The highest BCUT2D eigenvalue weighted by Gasteiger charge is 2.50. The molecule has 0 unspecified atom stereocenters. The summed E-state index contributed by atoms with van der Waals surface area (Å²) in [5.74, 6) is -3.47. The molecule has 3 aliphatic rings. The van der Waals surface area contributed by atoms with Gasteiger partial charge in [0.25, 0.3) is 0 Å². The third-order valence-electron chi connectivity index (χ3n) is 6.43. The molecule has 2 aromatic rings. The van der Waals surface area contributed by atoms with Gasteiger partial charge < -0.3 is 30.5 Å². The van der Waals surface area contributed by atoms with Crippen molar-refractivity contribution in [2.45, 2.75) is 18.9 Å². The van der Waals surface area contributed by atoms with Gasteiger partial charge in [0.1, 0.15) is 18.4 Å². The number of nitrogen functional groups attached to an aromatic ring is 1. The molecule has 164 valence electrons. The zero-order chi connectivity index (χ0) is 22.1. The number of aromatic carboxylic acids is 1. The molecule has 5 rings (SSSR count). The van der Waals surface area contributed by atoms with Gasteiger partial charge in [0.05, 0.1) is 34.3 Å². The van der Waals surface area contributed by atoms with E-state index in [1.54, 1.807) is 0 Å². The number of nitrogens with zero attached hydrogens (tertiary/aromatic N) is 3. The van der Waals surface area contributed by atoms with Crippen LogP contribution in [0.15, 0.2) is 16.1 Å². The monoisotopic (exact) mass is 433 g/mol. The summed E-state index contributed by atoms with van der Waals surface area (Å²) in [6.07, 6.45) is 2.53. The topological polar surface area (TPSA) is 122 Å². The zero-order valence-corrected chi connectivity index (χ0v) is 16.7. The number of carbonyl (C=O) groups is 1. The molecule has 0 radical (unpaired) electrons. The molecule has 4 N–H and O–H groups in total. The number of rotatable bonds is 4. The first-order chi connectivity index (χ1) is 14.8. The lowest BCUT2D eigenvalue weighted by atomic mass is 9.79. The lowest BCUT2D eigenvalue weighted by molar-refractivity contribution is 0.0695. The number of aromatic nitrogens is 1. The Morgan fingerprint density at radius 2 is 2.06 bits per heavy atom. The fourth-order valence-corrected chi connectivity index (χ4v) is 4.62. The number of hydrogen-bond acceptors (Lipinski definition) is 7. The molecular formula is C20H21F2N5O4. The van der Waals surface area contributed by atoms with Crippen LogP contribution in [0.4, 0.5) is 20.2 Å². The Kier molecular flexibility index (Phi) is 4.23. The van der Waals surface area contributed by atoms with Crippen LogP contribution in [0, 0.1) is 17.0 Å². The van der Waals surface area contributed by atoms with Crippen molar-refractivity contribution >= 4 is 34.0 Å². The van der Waals surface area contributed by atoms with Crippen LogP contribution in [0.3, 0.4) is 0 Å². The van der Waals surface area contributed by atoms with Crippen LogP contribution in [0.25, 0.3) is 10.9 Å². The van der Waals surface area contributed by atoms with Crippen molar-refractivity contribution < 1.29 is 23.5 Å². The van der Waals surface area contributed by atoms with Crippen molar-refractivity contribution in [1.82, 2.24) is 9.88 Å². The minimum absolute atomic E-state index is 0.148. The summed E-state index contributed by atoms with van der Waals surface area (Å²) in [4.78, 5) is 30.7. The van der Waals surface area contributed by atoms with E-state index in [2.05, 4.69) is 10.5 Å². The number of carboxylic acid groups (broad SMARTS) is 1. The van der Waals surface area contributed by atoms with Gasteiger partial charge in [-0.15, -0.1) is 0 Å². The molecule has 9 nitrogen and oxygen atoms in total. The first kappa shape index (κ1) is 19.7. The highest BCUT2D eigenvalue weighted by atomic mass is 19.1. The first-order valence-electron chi connectivity index (χ1n) is 9.94. The van der Waals surface area contributed by atoms with E-state index in [0.717, 1.165) is 6.20 Å². The quantitative estimate of drug-likeness (QED) is 0.491. The molecule has 0 amide bonds. The Morgan fingerprint density at radius 1 is 1.35 bits per heavy atom. The van der Waals surface area contributed by atoms with E-state index in [0.29, 0.717) is 38.2 Å². The van der Waals surface area contributed by atoms with Gasteiger partial charge >= 0.3 is 5.97 Å². The van der Waals surface area contributed by atoms with E-state index in [9.17, 15) is 14.7 Å². The van der Waals surface area contributed by atoms with Crippen molar-refractivity contribution in [3.05, 3.63) is 33.6 Å². The zero-order valence-electron chi connectivity index (χ0n) is 16.7. The summed E-state index contributed by atoms with van der Waals surface area (Å²) < 4.78 is 32.7. The van der Waals surface area contributed by atoms with Gasteiger partial charge in [-0.25, -0.2) is 13.6 Å². The van der Waals surface area contributed by atoms with Crippen LogP contribution < -0.4 is 21.4 Å². The number of carboxylic acids is 1. The third-order valence-corrected chi connectivity index (χ3v) is 6.43. The maximum Gasteiger partial charge on any atom is 0.341 e. The number of halogens is 2. The minimum Gasteiger partial charge on any atom is -0.477 e. The number of anilines is 2. The molecule has 1 aliphatic carbocycles.